The summed E-state index contributed by atoms with van der Waals surface area (Å²) in [6.45, 7) is 6.14. The topological polar surface area (TPSA) is 29.3 Å². The number of hydrogen-bond acceptors (Lipinski definition) is 2. The van der Waals surface area contributed by atoms with Gasteiger partial charge >= 0.3 is 0 Å². The van der Waals surface area contributed by atoms with Crippen molar-refractivity contribution in [2.24, 2.45) is 17.6 Å². The zero-order valence-corrected chi connectivity index (χ0v) is 10.1. The summed E-state index contributed by atoms with van der Waals surface area (Å²) in [6.07, 6.45) is 8.21. The molecule has 88 valence electrons. The maximum atomic E-state index is 5.99. The first-order valence-corrected chi connectivity index (χ1v) is 6.76. The van der Waals surface area contributed by atoms with Gasteiger partial charge in [-0.05, 0) is 56.9 Å². The molecule has 0 amide bonds. The van der Waals surface area contributed by atoms with E-state index in [1.807, 2.05) is 0 Å². The normalized spacial score (nSPS) is 23.4. The number of rotatable bonds is 8. The molecule has 0 aromatic rings. The minimum atomic E-state index is 0.422. The van der Waals surface area contributed by atoms with Crippen LogP contribution in [0.15, 0.2) is 0 Å². The molecule has 0 radical (unpaired) electrons. The van der Waals surface area contributed by atoms with Crippen LogP contribution in [0.25, 0.3) is 0 Å². The molecule has 0 saturated heterocycles. The molecule has 2 aliphatic rings. The van der Waals surface area contributed by atoms with Gasteiger partial charge in [0.15, 0.2) is 0 Å². The van der Waals surface area contributed by atoms with Crippen LogP contribution in [0.5, 0.6) is 0 Å². The van der Waals surface area contributed by atoms with Crippen molar-refractivity contribution < 1.29 is 0 Å². The second kappa shape index (κ2) is 5.31. The molecule has 0 aromatic carbocycles. The average molecular weight is 210 g/mol. The van der Waals surface area contributed by atoms with E-state index in [-0.39, 0.29) is 0 Å². The summed E-state index contributed by atoms with van der Waals surface area (Å²) < 4.78 is 0. The molecule has 0 spiro atoms. The van der Waals surface area contributed by atoms with E-state index in [1.54, 1.807) is 0 Å². The first-order valence-electron chi connectivity index (χ1n) is 6.76. The van der Waals surface area contributed by atoms with Crippen LogP contribution >= 0.6 is 0 Å². The largest absolute Gasteiger partial charge is 0.328 e. The van der Waals surface area contributed by atoms with Gasteiger partial charge in [-0.3, -0.25) is 0 Å². The van der Waals surface area contributed by atoms with Crippen molar-refractivity contribution in [3.8, 4) is 0 Å². The Morgan fingerprint density at radius 3 is 2.07 bits per heavy atom. The van der Waals surface area contributed by atoms with Crippen LogP contribution in [-0.4, -0.2) is 30.6 Å². The van der Waals surface area contributed by atoms with E-state index in [9.17, 15) is 0 Å². The molecule has 1 atom stereocenters. The van der Waals surface area contributed by atoms with Gasteiger partial charge in [-0.25, -0.2) is 0 Å². The van der Waals surface area contributed by atoms with Gasteiger partial charge in [0.05, 0.1) is 0 Å². The van der Waals surface area contributed by atoms with Crippen molar-refractivity contribution in [3.05, 3.63) is 0 Å². The Balaban J connectivity index is 1.65. The van der Waals surface area contributed by atoms with Crippen LogP contribution in [0.3, 0.4) is 0 Å². The van der Waals surface area contributed by atoms with E-state index in [0.717, 1.165) is 18.3 Å². The highest BCUT2D eigenvalue weighted by atomic mass is 15.1. The van der Waals surface area contributed by atoms with Gasteiger partial charge in [0.2, 0.25) is 0 Å². The first kappa shape index (κ1) is 11.4. The van der Waals surface area contributed by atoms with Gasteiger partial charge in [-0.15, -0.1) is 0 Å². The highest BCUT2D eigenvalue weighted by molar-refractivity contribution is 4.82. The molecular weight excluding hydrogens is 184 g/mol. The van der Waals surface area contributed by atoms with E-state index in [4.69, 9.17) is 5.73 Å². The molecule has 2 N–H and O–H groups in total. The van der Waals surface area contributed by atoms with Crippen LogP contribution in [0.1, 0.15) is 45.4 Å². The van der Waals surface area contributed by atoms with Crippen molar-refractivity contribution in [3.63, 3.8) is 0 Å². The van der Waals surface area contributed by atoms with Crippen LogP contribution in [0, 0.1) is 11.8 Å². The van der Waals surface area contributed by atoms with E-state index in [2.05, 4.69) is 11.8 Å². The fourth-order valence-electron chi connectivity index (χ4n) is 2.14. The summed E-state index contributed by atoms with van der Waals surface area (Å²) in [4.78, 5) is 2.69. The highest BCUT2D eigenvalue weighted by Gasteiger charge is 2.28. The summed E-state index contributed by atoms with van der Waals surface area (Å²) in [6, 6.07) is 0.422. The molecular formula is C13H26N2. The molecule has 2 rings (SSSR count). The summed E-state index contributed by atoms with van der Waals surface area (Å²) in [5.41, 5.74) is 5.99. The quantitative estimate of drug-likeness (QED) is 0.666. The molecule has 15 heavy (non-hydrogen) atoms. The maximum Gasteiger partial charge on any atom is 0.00483 e. The second-order valence-corrected chi connectivity index (χ2v) is 5.60. The van der Waals surface area contributed by atoms with Crippen LogP contribution < -0.4 is 5.73 Å². The Kier molecular flexibility index (Phi) is 4.04. The third kappa shape index (κ3) is 4.52. The van der Waals surface area contributed by atoms with E-state index < -0.39 is 0 Å². The summed E-state index contributed by atoms with van der Waals surface area (Å²) in [5, 5.41) is 0. The Morgan fingerprint density at radius 2 is 1.67 bits per heavy atom. The molecule has 0 aliphatic heterocycles. The fourth-order valence-corrected chi connectivity index (χ4v) is 2.14. The van der Waals surface area contributed by atoms with Gasteiger partial charge < -0.3 is 10.6 Å². The molecule has 0 bridgehead atoms. The monoisotopic (exact) mass is 210 g/mol. The Labute approximate surface area is 94.2 Å². The third-order valence-corrected chi connectivity index (χ3v) is 3.77. The molecule has 2 aliphatic carbocycles. The molecule has 2 heteroatoms. The fraction of sp³-hybridized carbons (Fsp3) is 1.00. The van der Waals surface area contributed by atoms with Crippen LogP contribution in [0.2, 0.25) is 0 Å². The Hall–Kier alpha value is -0.0800. The summed E-state index contributed by atoms with van der Waals surface area (Å²) in [7, 11) is 0. The molecule has 1 unspecified atom stereocenters. The lowest BCUT2D eigenvalue weighted by Crippen LogP contribution is -2.33. The van der Waals surface area contributed by atoms with E-state index in [0.29, 0.717) is 6.04 Å². The van der Waals surface area contributed by atoms with Crippen molar-refractivity contribution in [1.29, 1.82) is 0 Å². The number of nitrogens with zero attached hydrogens (tertiary/aromatic N) is 1. The van der Waals surface area contributed by atoms with E-state index in [1.165, 1.54) is 51.7 Å². The molecule has 2 nitrogen and oxygen atoms in total. The second-order valence-electron chi connectivity index (χ2n) is 5.60. The van der Waals surface area contributed by atoms with Gasteiger partial charge in [0.1, 0.15) is 0 Å². The Bertz CT molecular complexity index is 171. The van der Waals surface area contributed by atoms with E-state index >= 15 is 0 Å². The smallest absolute Gasteiger partial charge is 0.00483 e. The lowest BCUT2D eigenvalue weighted by atomic mass is 10.1. The number of hydrogen-bond donors (Lipinski definition) is 1. The summed E-state index contributed by atoms with van der Waals surface area (Å²) >= 11 is 0. The first-order chi connectivity index (χ1) is 7.28. The zero-order valence-electron chi connectivity index (χ0n) is 10.1. The van der Waals surface area contributed by atoms with Crippen molar-refractivity contribution in [2.75, 3.05) is 19.6 Å². The standard InChI is InChI=1S/C13H26N2/c1-2-13(14)7-8-15(9-11-3-4-11)10-12-5-6-12/h11-13H,2-10,14H2,1H3. The van der Waals surface area contributed by atoms with Gasteiger partial charge in [-0.2, -0.15) is 0 Å². The van der Waals surface area contributed by atoms with Gasteiger partial charge in [0.25, 0.3) is 0 Å². The van der Waals surface area contributed by atoms with Crippen LogP contribution in [-0.2, 0) is 0 Å². The highest BCUT2D eigenvalue weighted by Crippen LogP contribution is 2.33. The average Bonchev–Trinajstić information content (AvgIpc) is 3.08. The Morgan fingerprint density at radius 1 is 1.13 bits per heavy atom. The molecule has 0 heterocycles. The predicted octanol–water partition coefficient (Wildman–Crippen LogP) is 2.24. The van der Waals surface area contributed by atoms with Gasteiger partial charge in [0, 0.05) is 19.1 Å². The zero-order chi connectivity index (χ0) is 10.7. The SMILES string of the molecule is CCC(N)CCN(CC1CC1)CC1CC1. The van der Waals surface area contributed by atoms with Gasteiger partial charge in [-0.1, -0.05) is 6.92 Å². The maximum absolute atomic E-state index is 5.99. The molecule has 2 fully saturated rings. The molecule has 2 saturated carbocycles. The predicted molar refractivity (Wildman–Crippen MR) is 64.8 cm³/mol. The lowest BCUT2D eigenvalue weighted by molar-refractivity contribution is 0.242. The lowest BCUT2D eigenvalue weighted by Gasteiger charge is -2.23. The van der Waals surface area contributed by atoms with Crippen molar-refractivity contribution in [2.45, 2.75) is 51.5 Å². The third-order valence-electron chi connectivity index (χ3n) is 3.77. The number of nitrogens with two attached hydrogens (primary N) is 1. The van der Waals surface area contributed by atoms with Crippen molar-refractivity contribution in [1.82, 2.24) is 4.90 Å². The molecule has 0 aromatic heterocycles. The summed E-state index contributed by atoms with van der Waals surface area (Å²) in [5.74, 6) is 2.06. The van der Waals surface area contributed by atoms with Crippen molar-refractivity contribution >= 4 is 0 Å². The minimum absolute atomic E-state index is 0.422. The minimum Gasteiger partial charge on any atom is -0.328 e. The van der Waals surface area contributed by atoms with Crippen LogP contribution in [0.4, 0.5) is 0 Å².